The molecule has 0 rings (SSSR count). The third-order valence-electron chi connectivity index (χ3n) is 2.61. The van der Waals surface area contributed by atoms with E-state index >= 15 is 0 Å². The fourth-order valence-electron chi connectivity index (χ4n) is 1.79. The van der Waals surface area contributed by atoms with Crippen molar-refractivity contribution in [3.8, 4) is 0 Å². The van der Waals surface area contributed by atoms with Crippen LogP contribution in [-0.2, 0) is 0 Å². The molecule has 13 heavy (non-hydrogen) atoms. The first-order valence-electron chi connectivity index (χ1n) is 5.53. The fraction of sp³-hybridized carbons (Fsp3) is 1.00. The van der Waals surface area contributed by atoms with E-state index in [9.17, 15) is 10.2 Å². The molecule has 0 aromatic carbocycles. The van der Waals surface area contributed by atoms with Gasteiger partial charge in [0.1, 0.15) is 0 Å². The molecule has 3 unspecified atom stereocenters. The van der Waals surface area contributed by atoms with E-state index in [1.54, 1.807) is 0 Å². The van der Waals surface area contributed by atoms with Gasteiger partial charge in [-0.3, -0.25) is 0 Å². The SMILES string of the molecule is CCCC(O)C(CCC)C(O)CC. The summed E-state index contributed by atoms with van der Waals surface area (Å²) in [5, 5.41) is 19.5. The Morgan fingerprint density at radius 1 is 0.846 bits per heavy atom. The molecule has 0 radical (unpaired) electrons. The molecule has 0 fully saturated rings. The topological polar surface area (TPSA) is 40.5 Å². The molecule has 2 nitrogen and oxygen atoms in total. The molecule has 80 valence electrons. The van der Waals surface area contributed by atoms with Crippen LogP contribution in [0, 0.1) is 5.92 Å². The van der Waals surface area contributed by atoms with Crippen LogP contribution in [0.15, 0.2) is 0 Å². The van der Waals surface area contributed by atoms with Crippen molar-refractivity contribution in [3.05, 3.63) is 0 Å². The molecule has 0 bridgehead atoms. The van der Waals surface area contributed by atoms with Crippen LogP contribution in [0.4, 0.5) is 0 Å². The summed E-state index contributed by atoms with van der Waals surface area (Å²) in [7, 11) is 0. The average molecular weight is 188 g/mol. The summed E-state index contributed by atoms with van der Waals surface area (Å²) in [4.78, 5) is 0. The quantitative estimate of drug-likeness (QED) is 0.644. The van der Waals surface area contributed by atoms with Crippen LogP contribution < -0.4 is 0 Å². The van der Waals surface area contributed by atoms with Gasteiger partial charge in [-0.05, 0) is 19.3 Å². The highest BCUT2D eigenvalue weighted by Gasteiger charge is 2.23. The molecule has 0 aliphatic heterocycles. The molecule has 0 aromatic heterocycles. The normalized spacial score (nSPS) is 18.2. The predicted molar refractivity (Wildman–Crippen MR) is 55.6 cm³/mol. The molecule has 0 aromatic rings. The van der Waals surface area contributed by atoms with Crippen LogP contribution >= 0.6 is 0 Å². The van der Waals surface area contributed by atoms with Gasteiger partial charge in [0, 0.05) is 5.92 Å². The van der Waals surface area contributed by atoms with Crippen molar-refractivity contribution in [2.45, 2.75) is 65.1 Å². The molecular weight excluding hydrogens is 164 g/mol. The van der Waals surface area contributed by atoms with E-state index in [0.717, 1.165) is 32.1 Å². The zero-order valence-corrected chi connectivity index (χ0v) is 9.16. The van der Waals surface area contributed by atoms with Crippen molar-refractivity contribution >= 4 is 0 Å². The van der Waals surface area contributed by atoms with Crippen LogP contribution in [0.2, 0.25) is 0 Å². The maximum Gasteiger partial charge on any atom is 0.0593 e. The first kappa shape index (κ1) is 12.9. The van der Waals surface area contributed by atoms with Crippen molar-refractivity contribution in [2.75, 3.05) is 0 Å². The molecule has 0 aliphatic carbocycles. The molecule has 0 heterocycles. The highest BCUT2D eigenvalue weighted by molar-refractivity contribution is 4.74. The van der Waals surface area contributed by atoms with Crippen LogP contribution in [0.3, 0.4) is 0 Å². The Bertz CT molecular complexity index is 115. The highest BCUT2D eigenvalue weighted by atomic mass is 16.3. The zero-order chi connectivity index (χ0) is 10.3. The maximum atomic E-state index is 9.78. The second kappa shape index (κ2) is 7.34. The van der Waals surface area contributed by atoms with Gasteiger partial charge in [0.25, 0.3) is 0 Å². The maximum absolute atomic E-state index is 9.78. The Kier molecular flexibility index (Phi) is 7.29. The molecule has 0 saturated heterocycles. The third kappa shape index (κ3) is 4.63. The Morgan fingerprint density at radius 3 is 1.77 bits per heavy atom. The average Bonchev–Trinajstić information content (AvgIpc) is 2.13. The Hall–Kier alpha value is -0.0800. The lowest BCUT2D eigenvalue weighted by atomic mass is 9.88. The van der Waals surface area contributed by atoms with Gasteiger partial charge >= 0.3 is 0 Å². The third-order valence-corrected chi connectivity index (χ3v) is 2.61. The number of hydrogen-bond acceptors (Lipinski definition) is 2. The molecule has 0 aliphatic rings. The van der Waals surface area contributed by atoms with E-state index in [1.165, 1.54) is 0 Å². The van der Waals surface area contributed by atoms with E-state index < -0.39 is 0 Å². The van der Waals surface area contributed by atoms with Crippen molar-refractivity contribution in [1.82, 2.24) is 0 Å². The van der Waals surface area contributed by atoms with Gasteiger partial charge < -0.3 is 10.2 Å². The van der Waals surface area contributed by atoms with E-state index in [-0.39, 0.29) is 18.1 Å². The van der Waals surface area contributed by atoms with Crippen molar-refractivity contribution in [2.24, 2.45) is 5.92 Å². The number of aliphatic hydroxyl groups excluding tert-OH is 2. The summed E-state index contributed by atoms with van der Waals surface area (Å²) in [5.41, 5.74) is 0. The summed E-state index contributed by atoms with van der Waals surface area (Å²) < 4.78 is 0. The van der Waals surface area contributed by atoms with E-state index in [1.807, 2.05) is 6.92 Å². The smallest absolute Gasteiger partial charge is 0.0593 e. The van der Waals surface area contributed by atoms with E-state index in [2.05, 4.69) is 13.8 Å². The lowest BCUT2D eigenvalue weighted by Crippen LogP contribution is -2.31. The minimum atomic E-state index is -0.332. The Morgan fingerprint density at radius 2 is 1.38 bits per heavy atom. The van der Waals surface area contributed by atoms with E-state index in [4.69, 9.17) is 0 Å². The first-order valence-corrected chi connectivity index (χ1v) is 5.53. The monoisotopic (exact) mass is 188 g/mol. The Labute approximate surface area is 82.0 Å². The van der Waals surface area contributed by atoms with Crippen LogP contribution in [0.1, 0.15) is 52.9 Å². The van der Waals surface area contributed by atoms with Gasteiger partial charge in [-0.25, -0.2) is 0 Å². The van der Waals surface area contributed by atoms with Gasteiger partial charge in [0.2, 0.25) is 0 Å². The highest BCUT2D eigenvalue weighted by Crippen LogP contribution is 2.21. The molecule has 0 saturated carbocycles. The predicted octanol–water partition coefficient (Wildman–Crippen LogP) is 2.33. The molecular formula is C11H24O2. The molecule has 3 atom stereocenters. The second-order valence-electron chi connectivity index (χ2n) is 3.78. The fourth-order valence-corrected chi connectivity index (χ4v) is 1.79. The Balaban J connectivity index is 4.05. The van der Waals surface area contributed by atoms with Gasteiger partial charge in [-0.2, -0.15) is 0 Å². The zero-order valence-electron chi connectivity index (χ0n) is 9.16. The number of rotatable bonds is 7. The summed E-state index contributed by atoms with van der Waals surface area (Å²) in [6.45, 7) is 6.12. The first-order chi connectivity index (χ1) is 6.17. The second-order valence-corrected chi connectivity index (χ2v) is 3.78. The lowest BCUT2D eigenvalue weighted by molar-refractivity contribution is 0.00177. The minimum Gasteiger partial charge on any atom is -0.393 e. The van der Waals surface area contributed by atoms with Gasteiger partial charge in [0.15, 0.2) is 0 Å². The summed E-state index contributed by atoms with van der Waals surface area (Å²) in [6, 6.07) is 0. The van der Waals surface area contributed by atoms with Crippen molar-refractivity contribution in [3.63, 3.8) is 0 Å². The van der Waals surface area contributed by atoms with Crippen LogP contribution in [0.25, 0.3) is 0 Å². The molecule has 2 N–H and O–H groups in total. The summed E-state index contributed by atoms with van der Waals surface area (Å²) in [6.07, 6.45) is 3.84. The molecule has 0 amide bonds. The van der Waals surface area contributed by atoms with Crippen molar-refractivity contribution < 1.29 is 10.2 Å². The molecule has 2 heteroatoms. The summed E-state index contributed by atoms with van der Waals surface area (Å²) >= 11 is 0. The van der Waals surface area contributed by atoms with Gasteiger partial charge in [-0.15, -0.1) is 0 Å². The largest absolute Gasteiger partial charge is 0.393 e. The standard InChI is InChI=1S/C11H24O2/c1-4-7-9(10(12)6-3)11(13)8-5-2/h9-13H,4-8H2,1-3H3. The number of aliphatic hydroxyl groups is 2. The van der Waals surface area contributed by atoms with Crippen molar-refractivity contribution in [1.29, 1.82) is 0 Å². The van der Waals surface area contributed by atoms with Gasteiger partial charge in [-0.1, -0.05) is 33.6 Å². The minimum absolute atomic E-state index is 0.0787. The van der Waals surface area contributed by atoms with Crippen LogP contribution in [0.5, 0.6) is 0 Å². The lowest BCUT2D eigenvalue weighted by Gasteiger charge is -2.26. The van der Waals surface area contributed by atoms with Crippen LogP contribution in [-0.4, -0.2) is 22.4 Å². The summed E-state index contributed by atoms with van der Waals surface area (Å²) in [5.74, 6) is 0.0787. The van der Waals surface area contributed by atoms with E-state index in [0.29, 0.717) is 0 Å². The van der Waals surface area contributed by atoms with Gasteiger partial charge in [0.05, 0.1) is 12.2 Å². The molecule has 0 spiro atoms. The number of hydrogen-bond donors (Lipinski definition) is 2.